The first-order valence-electron chi connectivity index (χ1n) is 7.63. The fourth-order valence-electron chi connectivity index (χ4n) is 2.27. The van der Waals surface area contributed by atoms with Crippen molar-refractivity contribution >= 4 is 29.3 Å². The Morgan fingerprint density at radius 1 is 1.28 bits per heavy atom. The molecule has 0 fully saturated rings. The molecular formula is C17H16ClN5OS. The first-order chi connectivity index (χ1) is 12.1. The molecule has 0 unspecified atom stereocenters. The molecule has 1 amide bonds. The first kappa shape index (κ1) is 17.4. The largest absolute Gasteiger partial charge is 0.349 e. The summed E-state index contributed by atoms with van der Waals surface area (Å²) in [6.45, 7) is 1.90. The topological polar surface area (TPSA) is 83.6 Å². The number of benzene rings is 1. The molecule has 6 nitrogen and oxygen atoms in total. The molecule has 3 aromatic rings. The van der Waals surface area contributed by atoms with Crippen molar-refractivity contribution in [2.45, 2.75) is 18.1 Å². The lowest BCUT2D eigenvalue weighted by Gasteiger charge is -2.15. The quantitative estimate of drug-likeness (QED) is 0.646. The predicted molar refractivity (Wildman–Crippen MR) is 98.3 cm³/mol. The van der Waals surface area contributed by atoms with E-state index in [1.54, 1.807) is 12.4 Å². The highest BCUT2D eigenvalue weighted by molar-refractivity contribution is 7.99. The second kappa shape index (κ2) is 8.13. The predicted octanol–water partition coefficient (Wildman–Crippen LogP) is 3.49. The molecular weight excluding hydrogens is 358 g/mol. The van der Waals surface area contributed by atoms with E-state index in [9.17, 15) is 4.79 Å². The van der Waals surface area contributed by atoms with Crippen LogP contribution in [-0.2, 0) is 4.79 Å². The van der Waals surface area contributed by atoms with Crippen LogP contribution in [0.5, 0.6) is 0 Å². The molecule has 0 saturated heterocycles. The summed E-state index contributed by atoms with van der Waals surface area (Å²) in [5.41, 5.74) is 1.78. The van der Waals surface area contributed by atoms with Crippen LogP contribution < -0.4 is 5.32 Å². The number of H-pyrrole nitrogens is 1. The molecule has 0 aliphatic heterocycles. The van der Waals surface area contributed by atoms with Gasteiger partial charge in [0, 0.05) is 23.0 Å². The van der Waals surface area contributed by atoms with E-state index >= 15 is 0 Å². The van der Waals surface area contributed by atoms with Crippen LogP contribution in [0.15, 0.2) is 53.9 Å². The monoisotopic (exact) mass is 373 g/mol. The Hall–Kier alpha value is -2.38. The van der Waals surface area contributed by atoms with Gasteiger partial charge in [0.1, 0.15) is 0 Å². The van der Waals surface area contributed by atoms with Gasteiger partial charge in [0.25, 0.3) is 0 Å². The second-order valence-electron chi connectivity index (χ2n) is 5.30. The molecule has 3 rings (SSSR count). The van der Waals surface area contributed by atoms with Crippen LogP contribution in [0, 0.1) is 0 Å². The third-order valence-electron chi connectivity index (χ3n) is 3.50. The molecule has 128 valence electrons. The number of amides is 1. The molecule has 0 aliphatic rings. The summed E-state index contributed by atoms with van der Waals surface area (Å²) in [6, 6.07) is 11.0. The summed E-state index contributed by atoms with van der Waals surface area (Å²) >= 11 is 7.42. The number of nitrogens with zero attached hydrogens (tertiary/aromatic N) is 3. The van der Waals surface area contributed by atoms with Gasteiger partial charge in [-0.05, 0) is 30.7 Å². The summed E-state index contributed by atoms with van der Waals surface area (Å²) in [5.74, 6) is 0.769. The van der Waals surface area contributed by atoms with Crippen LogP contribution in [0.25, 0.3) is 11.4 Å². The van der Waals surface area contributed by atoms with Crippen LogP contribution in [0.2, 0.25) is 5.02 Å². The van der Waals surface area contributed by atoms with Crippen LogP contribution in [-0.4, -0.2) is 31.8 Å². The van der Waals surface area contributed by atoms with Gasteiger partial charge in [0.05, 0.1) is 11.8 Å². The van der Waals surface area contributed by atoms with E-state index in [1.165, 1.54) is 11.8 Å². The fourth-order valence-corrected chi connectivity index (χ4v) is 3.18. The fraction of sp³-hybridized carbons (Fsp3) is 0.176. The van der Waals surface area contributed by atoms with Gasteiger partial charge in [0.2, 0.25) is 11.1 Å². The highest BCUT2D eigenvalue weighted by Crippen LogP contribution is 2.23. The normalized spacial score (nSPS) is 11.9. The molecule has 0 aliphatic carbocycles. The van der Waals surface area contributed by atoms with Crippen LogP contribution >= 0.6 is 23.4 Å². The third kappa shape index (κ3) is 4.58. The van der Waals surface area contributed by atoms with Crippen molar-refractivity contribution in [2.24, 2.45) is 0 Å². The van der Waals surface area contributed by atoms with Crippen LogP contribution in [0.4, 0.5) is 0 Å². The summed E-state index contributed by atoms with van der Waals surface area (Å²) in [6.07, 6.45) is 3.38. The van der Waals surface area contributed by atoms with Gasteiger partial charge >= 0.3 is 0 Å². The highest BCUT2D eigenvalue weighted by Gasteiger charge is 2.14. The van der Waals surface area contributed by atoms with E-state index in [0.717, 1.165) is 11.1 Å². The first-order valence-corrected chi connectivity index (χ1v) is 8.99. The Morgan fingerprint density at radius 3 is 2.80 bits per heavy atom. The Labute approximate surface area is 154 Å². The number of rotatable bonds is 6. The van der Waals surface area contributed by atoms with Gasteiger partial charge in [-0.3, -0.25) is 14.9 Å². The number of thioether (sulfide) groups is 1. The third-order valence-corrected chi connectivity index (χ3v) is 4.69. The van der Waals surface area contributed by atoms with Crippen molar-refractivity contribution in [3.05, 3.63) is 59.4 Å². The van der Waals surface area contributed by atoms with Crippen molar-refractivity contribution < 1.29 is 4.79 Å². The number of hydrogen-bond acceptors (Lipinski definition) is 5. The minimum absolute atomic E-state index is 0.104. The van der Waals surface area contributed by atoms with E-state index in [1.807, 2.05) is 43.3 Å². The van der Waals surface area contributed by atoms with E-state index in [2.05, 4.69) is 25.5 Å². The summed E-state index contributed by atoms with van der Waals surface area (Å²) in [7, 11) is 0. The number of aromatic nitrogens is 4. The number of carbonyl (C=O) groups excluding carboxylic acids is 1. The standard InChI is InChI=1S/C17H16ClN5OS/c1-11(13-4-2-3-5-14(13)18)20-15(24)10-25-17-21-16(22-23-17)12-6-8-19-9-7-12/h2-9,11H,10H2,1H3,(H,20,24)(H,21,22,23)/t11-/m1/s1. The SMILES string of the molecule is C[C@@H](NC(=O)CSc1n[nH]c(-c2ccncc2)n1)c1ccccc1Cl. The Kier molecular flexibility index (Phi) is 5.67. The summed E-state index contributed by atoms with van der Waals surface area (Å²) in [5, 5.41) is 11.1. The molecule has 1 aromatic carbocycles. The minimum Gasteiger partial charge on any atom is -0.349 e. The molecule has 2 aromatic heterocycles. The lowest BCUT2D eigenvalue weighted by atomic mass is 10.1. The maximum Gasteiger partial charge on any atom is 0.230 e. The van der Waals surface area contributed by atoms with Crippen molar-refractivity contribution in [2.75, 3.05) is 5.75 Å². The molecule has 1 atom stereocenters. The molecule has 2 N–H and O–H groups in total. The van der Waals surface area contributed by atoms with Gasteiger partial charge in [-0.15, -0.1) is 5.10 Å². The van der Waals surface area contributed by atoms with Gasteiger partial charge < -0.3 is 5.32 Å². The van der Waals surface area contributed by atoms with E-state index in [4.69, 9.17) is 11.6 Å². The maximum atomic E-state index is 12.1. The van der Waals surface area contributed by atoms with Gasteiger partial charge in [-0.25, -0.2) is 4.98 Å². The van der Waals surface area contributed by atoms with Crippen molar-refractivity contribution in [3.63, 3.8) is 0 Å². The van der Waals surface area contributed by atoms with E-state index in [-0.39, 0.29) is 17.7 Å². The molecule has 2 heterocycles. The Bertz CT molecular complexity index is 855. The van der Waals surface area contributed by atoms with Crippen molar-refractivity contribution in [1.82, 2.24) is 25.5 Å². The van der Waals surface area contributed by atoms with Gasteiger partial charge in [0.15, 0.2) is 5.82 Å². The average Bonchev–Trinajstić information content (AvgIpc) is 3.10. The summed E-state index contributed by atoms with van der Waals surface area (Å²) < 4.78 is 0. The summed E-state index contributed by atoms with van der Waals surface area (Å²) in [4.78, 5) is 20.5. The number of nitrogens with one attached hydrogen (secondary N) is 2. The molecule has 0 bridgehead atoms. The number of pyridine rings is 1. The number of aromatic amines is 1. The number of hydrogen-bond donors (Lipinski definition) is 2. The van der Waals surface area contributed by atoms with Crippen molar-refractivity contribution in [1.29, 1.82) is 0 Å². The van der Waals surface area contributed by atoms with Crippen molar-refractivity contribution in [3.8, 4) is 11.4 Å². The van der Waals surface area contributed by atoms with E-state index in [0.29, 0.717) is 16.0 Å². The highest BCUT2D eigenvalue weighted by atomic mass is 35.5. The van der Waals surface area contributed by atoms with Crippen LogP contribution in [0.1, 0.15) is 18.5 Å². The lowest BCUT2D eigenvalue weighted by Crippen LogP contribution is -2.28. The Morgan fingerprint density at radius 2 is 2.04 bits per heavy atom. The molecule has 8 heteroatoms. The molecule has 25 heavy (non-hydrogen) atoms. The minimum atomic E-state index is -0.165. The zero-order valence-electron chi connectivity index (χ0n) is 13.4. The Balaban J connectivity index is 1.54. The second-order valence-corrected chi connectivity index (χ2v) is 6.65. The van der Waals surface area contributed by atoms with Crippen LogP contribution in [0.3, 0.4) is 0 Å². The maximum absolute atomic E-state index is 12.1. The number of carbonyl (C=O) groups is 1. The zero-order chi connectivity index (χ0) is 17.6. The molecule has 0 spiro atoms. The lowest BCUT2D eigenvalue weighted by molar-refractivity contribution is -0.119. The average molecular weight is 374 g/mol. The molecule has 0 radical (unpaired) electrons. The number of halogens is 1. The smallest absolute Gasteiger partial charge is 0.230 e. The van der Waals surface area contributed by atoms with Gasteiger partial charge in [-0.2, -0.15) is 0 Å². The van der Waals surface area contributed by atoms with E-state index < -0.39 is 0 Å². The molecule has 0 saturated carbocycles. The zero-order valence-corrected chi connectivity index (χ0v) is 15.0. The van der Waals surface area contributed by atoms with Gasteiger partial charge in [-0.1, -0.05) is 41.6 Å².